The van der Waals surface area contributed by atoms with Gasteiger partial charge >= 0.3 is 0 Å². The number of aromatic nitrogens is 1. The third-order valence-electron chi connectivity index (χ3n) is 2.37. The van der Waals surface area contributed by atoms with Crippen molar-refractivity contribution >= 4 is 11.8 Å². The van der Waals surface area contributed by atoms with Crippen LogP contribution in [0.4, 0.5) is 0 Å². The summed E-state index contributed by atoms with van der Waals surface area (Å²) in [5.41, 5.74) is 0.373. The molecule has 0 saturated heterocycles. The minimum Gasteiger partial charge on any atom is -0.392 e. The number of nitrogens with zero attached hydrogens (tertiary/aromatic N) is 1. The number of carbonyl (C=O) groups excluding carboxylic acids is 2. The zero-order valence-corrected chi connectivity index (χ0v) is 11.5. The highest BCUT2D eigenvalue weighted by Crippen LogP contribution is 2.02. The quantitative estimate of drug-likeness (QED) is 0.551. The molecule has 2 unspecified atom stereocenters. The Morgan fingerprint density at radius 2 is 1.70 bits per heavy atom. The average Bonchev–Trinajstić information content (AvgIpc) is 2.42. The SMILES string of the molecule is CC(O)CNC(=O)c1ccnc(C(=O)NCC(C)O)c1. The Kier molecular flexibility index (Phi) is 6.08. The van der Waals surface area contributed by atoms with Gasteiger partial charge in [-0.2, -0.15) is 0 Å². The first kappa shape index (κ1) is 16.1. The molecule has 110 valence electrons. The Labute approximate surface area is 117 Å². The first-order chi connectivity index (χ1) is 9.40. The third kappa shape index (κ3) is 5.33. The van der Waals surface area contributed by atoms with Crippen LogP contribution in [0.25, 0.3) is 0 Å². The van der Waals surface area contributed by atoms with E-state index in [1.807, 2.05) is 0 Å². The highest BCUT2D eigenvalue weighted by molar-refractivity contribution is 5.98. The van der Waals surface area contributed by atoms with E-state index in [-0.39, 0.29) is 24.3 Å². The van der Waals surface area contributed by atoms with Gasteiger partial charge in [-0.05, 0) is 26.0 Å². The molecule has 0 aliphatic rings. The lowest BCUT2D eigenvalue weighted by Gasteiger charge is -2.09. The fourth-order valence-corrected chi connectivity index (χ4v) is 1.37. The first-order valence-corrected chi connectivity index (χ1v) is 6.28. The van der Waals surface area contributed by atoms with Gasteiger partial charge in [-0.3, -0.25) is 14.6 Å². The van der Waals surface area contributed by atoms with Crippen LogP contribution in [0.2, 0.25) is 0 Å². The molecule has 0 spiro atoms. The Bertz CT molecular complexity index is 435. The molecule has 1 heterocycles. The van der Waals surface area contributed by atoms with Crippen LogP contribution in [0.15, 0.2) is 18.3 Å². The van der Waals surface area contributed by atoms with E-state index < -0.39 is 24.0 Å². The second-order valence-electron chi connectivity index (χ2n) is 4.55. The number of carbonyl (C=O) groups is 2. The van der Waals surface area contributed by atoms with Gasteiger partial charge in [0, 0.05) is 24.8 Å². The van der Waals surface area contributed by atoms with Crippen molar-refractivity contribution in [3.8, 4) is 0 Å². The standard InChI is InChI=1S/C13H19N3O4/c1-8(17)6-15-12(19)10-3-4-14-11(5-10)13(20)16-7-9(2)18/h3-5,8-9,17-18H,6-7H2,1-2H3,(H,15,19)(H,16,20). The van der Waals surface area contributed by atoms with E-state index in [1.165, 1.54) is 18.3 Å². The molecule has 2 atom stereocenters. The van der Waals surface area contributed by atoms with Crippen LogP contribution in [0.1, 0.15) is 34.7 Å². The van der Waals surface area contributed by atoms with E-state index in [1.54, 1.807) is 13.8 Å². The highest BCUT2D eigenvalue weighted by atomic mass is 16.3. The molecule has 7 nitrogen and oxygen atoms in total. The Balaban J connectivity index is 2.70. The molecule has 2 amide bonds. The number of hydrogen-bond donors (Lipinski definition) is 4. The molecule has 0 fully saturated rings. The number of hydrogen-bond acceptors (Lipinski definition) is 5. The van der Waals surface area contributed by atoms with Crippen molar-refractivity contribution in [3.05, 3.63) is 29.6 Å². The number of aliphatic hydroxyl groups is 2. The predicted molar refractivity (Wildman–Crippen MR) is 72.3 cm³/mol. The lowest BCUT2D eigenvalue weighted by molar-refractivity contribution is 0.0918. The minimum atomic E-state index is -0.656. The van der Waals surface area contributed by atoms with Gasteiger partial charge in [-0.1, -0.05) is 0 Å². The summed E-state index contributed by atoms with van der Waals surface area (Å²) in [5.74, 6) is -0.853. The number of amides is 2. The summed E-state index contributed by atoms with van der Waals surface area (Å²) >= 11 is 0. The van der Waals surface area contributed by atoms with E-state index in [2.05, 4.69) is 15.6 Å². The van der Waals surface area contributed by atoms with Gasteiger partial charge in [-0.25, -0.2) is 0 Å². The molecular formula is C13H19N3O4. The van der Waals surface area contributed by atoms with Crippen molar-refractivity contribution < 1.29 is 19.8 Å². The lowest BCUT2D eigenvalue weighted by Crippen LogP contribution is -2.32. The zero-order chi connectivity index (χ0) is 15.1. The van der Waals surface area contributed by atoms with Crippen LogP contribution in [-0.4, -0.2) is 52.3 Å². The molecule has 1 rings (SSSR count). The molecular weight excluding hydrogens is 262 g/mol. The predicted octanol–water partition coefficient (Wildman–Crippen LogP) is -0.697. The number of aliphatic hydroxyl groups excluding tert-OH is 2. The Hall–Kier alpha value is -1.99. The molecule has 4 N–H and O–H groups in total. The van der Waals surface area contributed by atoms with Crippen molar-refractivity contribution in [2.75, 3.05) is 13.1 Å². The van der Waals surface area contributed by atoms with Crippen LogP contribution in [0, 0.1) is 0 Å². The molecule has 0 bridgehead atoms. The molecule has 0 aliphatic heterocycles. The second kappa shape index (κ2) is 7.56. The van der Waals surface area contributed by atoms with Crippen molar-refractivity contribution in [1.29, 1.82) is 0 Å². The topological polar surface area (TPSA) is 112 Å². The van der Waals surface area contributed by atoms with Gasteiger partial charge in [0.1, 0.15) is 5.69 Å². The summed E-state index contributed by atoms with van der Waals surface area (Å²) in [7, 11) is 0. The fourth-order valence-electron chi connectivity index (χ4n) is 1.37. The average molecular weight is 281 g/mol. The van der Waals surface area contributed by atoms with Crippen molar-refractivity contribution in [2.45, 2.75) is 26.1 Å². The van der Waals surface area contributed by atoms with Crippen LogP contribution in [0.3, 0.4) is 0 Å². The molecule has 7 heteroatoms. The summed E-state index contributed by atoms with van der Waals surface area (Å²) in [6, 6.07) is 2.83. The third-order valence-corrected chi connectivity index (χ3v) is 2.37. The van der Waals surface area contributed by atoms with Gasteiger partial charge in [0.25, 0.3) is 11.8 Å². The minimum absolute atomic E-state index is 0.0929. The van der Waals surface area contributed by atoms with Crippen molar-refractivity contribution in [2.24, 2.45) is 0 Å². The smallest absolute Gasteiger partial charge is 0.269 e. The van der Waals surface area contributed by atoms with Gasteiger partial charge < -0.3 is 20.8 Å². The summed E-state index contributed by atoms with van der Waals surface area (Å²) in [4.78, 5) is 27.4. The number of pyridine rings is 1. The molecule has 1 aromatic rings. The Morgan fingerprint density at radius 3 is 2.25 bits per heavy atom. The maximum absolute atomic E-state index is 11.8. The van der Waals surface area contributed by atoms with Crippen LogP contribution < -0.4 is 10.6 Å². The molecule has 0 aromatic carbocycles. The van der Waals surface area contributed by atoms with Crippen LogP contribution in [-0.2, 0) is 0 Å². The normalized spacial score (nSPS) is 13.4. The first-order valence-electron chi connectivity index (χ1n) is 6.28. The fraction of sp³-hybridized carbons (Fsp3) is 0.462. The summed E-state index contributed by atoms with van der Waals surface area (Å²) in [5, 5.41) is 23.2. The summed E-state index contributed by atoms with van der Waals surface area (Å²) in [6.45, 7) is 3.35. The van der Waals surface area contributed by atoms with Gasteiger partial charge in [0.05, 0.1) is 12.2 Å². The molecule has 1 aromatic heterocycles. The maximum atomic E-state index is 11.8. The van der Waals surface area contributed by atoms with Gasteiger partial charge in [-0.15, -0.1) is 0 Å². The van der Waals surface area contributed by atoms with Crippen LogP contribution >= 0.6 is 0 Å². The van der Waals surface area contributed by atoms with Gasteiger partial charge in [0.15, 0.2) is 0 Å². The summed E-state index contributed by atoms with van der Waals surface area (Å²) in [6.07, 6.45) is 0.0558. The number of nitrogens with one attached hydrogen (secondary N) is 2. The van der Waals surface area contributed by atoms with Crippen molar-refractivity contribution in [1.82, 2.24) is 15.6 Å². The number of rotatable bonds is 6. The van der Waals surface area contributed by atoms with E-state index in [0.29, 0.717) is 0 Å². The lowest BCUT2D eigenvalue weighted by atomic mass is 10.2. The molecule has 0 radical (unpaired) electrons. The monoisotopic (exact) mass is 281 g/mol. The van der Waals surface area contributed by atoms with E-state index in [4.69, 9.17) is 10.2 Å². The molecule has 20 heavy (non-hydrogen) atoms. The highest BCUT2D eigenvalue weighted by Gasteiger charge is 2.12. The van der Waals surface area contributed by atoms with Crippen molar-refractivity contribution in [3.63, 3.8) is 0 Å². The Morgan fingerprint density at radius 1 is 1.15 bits per heavy atom. The maximum Gasteiger partial charge on any atom is 0.269 e. The largest absolute Gasteiger partial charge is 0.392 e. The molecule has 0 aliphatic carbocycles. The zero-order valence-electron chi connectivity index (χ0n) is 11.5. The second-order valence-corrected chi connectivity index (χ2v) is 4.55. The van der Waals surface area contributed by atoms with E-state index in [9.17, 15) is 9.59 Å². The van der Waals surface area contributed by atoms with E-state index >= 15 is 0 Å². The van der Waals surface area contributed by atoms with Crippen LogP contribution in [0.5, 0.6) is 0 Å². The summed E-state index contributed by atoms with van der Waals surface area (Å²) < 4.78 is 0. The van der Waals surface area contributed by atoms with E-state index in [0.717, 1.165) is 0 Å². The molecule has 0 saturated carbocycles. The van der Waals surface area contributed by atoms with Gasteiger partial charge in [0.2, 0.25) is 0 Å².